The molecule has 1 fully saturated rings. The average molecular weight is 291 g/mol. The largest absolute Gasteiger partial charge is 0.315 e. The predicted octanol–water partition coefficient (Wildman–Crippen LogP) is 1.40. The second-order valence-corrected chi connectivity index (χ2v) is 6.18. The summed E-state index contributed by atoms with van der Waals surface area (Å²) in [5.41, 5.74) is 0.810. The van der Waals surface area contributed by atoms with Crippen molar-refractivity contribution in [2.75, 3.05) is 26.2 Å². The smallest absolute Gasteiger partial charge is 0.243 e. The number of hydrogen-bond acceptors (Lipinski definition) is 3. The van der Waals surface area contributed by atoms with Gasteiger partial charge in [-0.3, -0.25) is 0 Å². The van der Waals surface area contributed by atoms with Crippen LogP contribution in [0, 0.1) is 6.92 Å². The summed E-state index contributed by atoms with van der Waals surface area (Å²) in [5.74, 6) is 0. The van der Waals surface area contributed by atoms with Gasteiger partial charge in [-0.25, -0.2) is 8.42 Å². The van der Waals surface area contributed by atoms with E-state index in [1.54, 1.807) is 16.4 Å². The molecule has 1 N–H and O–H groups in total. The lowest BCUT2D eigenvalue weighted by molar-refractivity contribution is 0.431. The van der Waals surface area contributed by atoms with Crippen LogP contribution in [0.25, 0.3) is 0 Å². The lowest BCUT2D eigenvalue weighted by Crippen LogP contribution is -2.34. The zero-order valence-corrected chi connectivity index (χ0v) is 12.1. The van der Waals surface area contributed by atoms with Crippen molar-refractivity contribution in [2.24, 2.45) is 0 Å². The third-order valence-electron chi connectivity index (χ3n) is 3.01. The molecule has 2 rings (SSSR count). The molecule has 1 aliphatic heterocycles. The first kappa shape index (κ1) is 15.4. The monoisotopic (exact) mass is 290 g/mol. The van der Waals surface area contributed by atoms with E-state index in [-0.39, 0.29) is 12.4 Å². The van der Waals surface area contributed by atoms with Crippen molar-refractivity contribution in [3.63, 3.8) is 0 Å². The highest BCUT2D eigenvalue weighted by atomic mass is 35.5. The van der Waals surface area contributed by atoms with Crippen LogP contribution < -0.4 is 5.32 Å². The Hall–Kier alpha value is -0.620. The van der Waals surface area contributed by atoms with E-state index >= 15 is 0 Å². The Kier molecular flexibility index (Phi) is 5.59. The molecular weight excluding hydrogens is 272 g/mol. The van der Waals surface area contributed by atoms with Crippen molar-refractivity contribution in [3.8, 4) is 0 Å². The number of sulfonamides is 1. The van der Waals surface area contributed by atoms with Crippen LogP contribution in [-0.4, -0.2) is 38.9 Å². The van der Waals surface area contributed by atoms with Crippen LogP contribution in [0.5, 0.6) is 0 Å². The van der Waals surface area contributed by atoms with E-state index in [9.17, 15) is 8.42 Å². The molecule has 4 nitrogen and oxygen atoms in total. The Morgan fingerprint density at radius 3 is 2.61 bits per heavy atom. The Bertz CT molecular complexity index is 483. The summed E-state index contributed by atoms with van der Waals surface area (Å²) < 4.78 is 26.5. The maximum absolute atomic E-state index is 12.5. The van der Waals surface area contributed by atoms with Gasteiger partial charge in [0.25, 0.3) is 0 Å². The van der Waals surface area contributed by atoms with Gasteiger partial charge in [-0.15, -0.1) is 12.4 Å². The van der Waals surface area contributed by atoms with E-state index in [0.717, 1.165) is 25.1 Å². The minimum atomic E-state index is -3.32. The summed E-state index contributed by atoms with van der Waals surface area (Å²) in [4.78, 5) is 0.432. The number of nitrogens with one attached hydrogen (secondary N) is 1. The molecule has 1 heterocycles. The summed E-state index contributed by atoms with van der Waals surface area (Å²) in [6.07, 6.45) is 0.866. The Balaban J connectivity index is 0.00000162. The molecule has 18 heavy (non-hydrogen) atoms. The predicted molar refractivity (Wildman–Crippen MR) is 74.7 cm³/mol. The lowest BCUT2D eigenvalue weighted by Gasteiger charge is -2.20. The quantitative estimate of drug-likeness (QED) is 0.896. The molecule has 102 valence electrons. The fraction of sp³-hybridized carbons (Fsp3) is 0.500. The van der Waals surface area contributed by atoms with Gasteiger partial charge in [0.05, 0.1) is 4.90 Å². The molecule has 0 aliphatic carbocycles. The summed E-state index contributed by atoms with van der Waals surface area (Å²) >= 11 is 0. The lowest BCUT2D eigenvalue weighted by atomic mass is 10.2. The molecule has 1 saturated heterocycles. The number of hydrogen-bond donors (Lipinski definition) is 1. The van der Waals surface area contributed by atoms with E-state index < -0.39 is 10.0 Å². The first-order valence-electron chi connectivity index (χ1n) is 5.89. The zero-order chi connectivity index (χ0) is 12.3. The van der Waals surface area contributed by atoms with Gasteiger partial charge in [0.1, 0.15) is 0 Å². The molecule has 1 aliphatic rings. The molecule has 0 amide bonds. The van der Waals surface area contributed by atoms with Gasteiger partial charge >= 0.3 is 0 Å². The fourth-order valence-corrected chi connectivity index (χ4v) is 3.75. The molecule has 0 radical (unpaired) electrons. The number of benzene rings is 1. The van der Waals surface area contributed by atoms with Gasteiger partial charge in [0, 0.05) is 19.6 Å². The standard InChI is InChI=1S/C12H18N2O2S.ClH/c1-11-5-2-3-6-12(11)17(15,16)14-9-4-7-13-8-10-14;/h2-3,5-6,13H,4,7-10H2,1H3;1H. The van der Waals surface area contributed by atoms with Crippen LogP contribution in [0.3, 0.4) is 0 Å². The van der Waals surface area contributed by atoms with E-state index in [1.165, 1.54) is 0 Å². The molecule has 0 spiro atoms. The third kappa shape index (κ3) is 3.23. The molecule has 0 atom stereocenters. The van der Waals surface area contributed by atoms with Gasteiger partial charge in [-0.1, -0.05) is 18.2 Å². The van der Waals surface area contributed by atoms with Crippen molar-refractivity contribution in [1.29, 1.82) is 0 Å². The molecule has 6 heteroatoms. The molecule has 1 aromatic rings. The summed E-state index contributed by atoms with van der Waals surface area (Å²) in [5, 5.41) is 3.21. The van der Waals surface area contributed by atoms with Gasteiger partial charge in [-0.2, -0.15) is 4.31 Å². The van der Waals surface area contributed by atoms with Crippen LogP contribution >= 0.6 is 12.4 Å². The summed E-state index contributed by atoms with van der Waals surface area (Å²) in [6.45, 7) is 4.61. The van der Waals surface area contributed by atoms with Crippen molar-refractivity contribution < 1.29 is 8.42 Å². The normalized spacial score (nSPS) is 17.8. The Labute approximate surface area is 115 Å². The van der Waals surface area contributed by atoms with E-state index in [2.05, 4.69) is 5.32 Å². The molecular formula is C12H19ClN2O2S. The maximum Gasteiger partial charge on any atom is 0.243 e. The SMILES string of the molecule is Cc1ccccc1S(=O)(=O)N1CCCNCC1.Cl. The second kappa shape index (κ2) is 6.52. The van der Waals surface area contributed by atoms with Crippen molar-refractivity contribution in [2.45, 2.75) is 18.2 Å². The Morgan fingerprint density at radius 2 is 1.89 bits per heavy atom. The van der Waals surface area contributed by atoms with Crippen LogP contribution in [0.2, 0.25) is 0 Å². The second-order valence-electron chi connectivity index (χ2n) is 4.27. The fourth-order valence-electron chi connectivity index (χ4n) is 2.05. The summed E-state index contributed by atoms with van der Waals surface area (Å²) in [6, 6.07) is 7.15. The molecule has 0 aromatic heterocycles. The third-order valence-corrected chi connectivity index (χ3v) is 5.07. The van der Waals surface area contributed by atoms with Gasteiger partial charge < -0.3 is 5.32 Å². The molecule has 0 bridgehead atoms. The molecule has 0 saturated carbocycles. The number of rotatable bonds is 2. The topological polar surface area (TPSA) is 49.4 Å². The van der Waals surface area contributed by atoms with Crippen LogP contribution in [0.15, 0.2) is 29.2 Å². The zero-order valence-electron chi connectivity index (χ0n) is 10.4. The average Bonchev–Trinajstić information content (AvgIpc) is 2.58. The van der Waals surface area contributed by atoms with E-state index in [0.29, 0.717) is 18.0 Å². The maximum atomic E-state index is 12.5. The van der Waals surface area contributed by atoms with Crippen molar-refractivity contribution in [1.82, 2.24) is 9.62 Å². The van der Waals surface area contributed by atoms with Crippen molar-refractivity contribution in [3.05, 3.63) is 29.8 Å². The van der Waals surface area contributed by atoms with Crippen LogP contribution in [0.4, 0.5) is 0 Å². The van der Waals surface area contributed by atoms with Crippen LogP contribution in [0.1, 0.15) is 12.0 Å². The van der Waals surface area contributed by atoms with Gasteiger partial charge in [0.2, 0.25) is 10.0 Å². The van der Waals surface area contributed by atoms with E-state index in [4.69, 9.17) is 0 Å². The number of nitrogens with zero attached hydrogens (tertiary/aromatic N) is 1. The minimum Gasteiger partial charge on any atom is -0.315 e. The summed E-state index contributed by atoms with van der Waals surface area (Å²) in [7, 11) is -3.32. The first-order chi connectivity index (χ1) is 8.12. The van der Waals surface area contributed by atoms with Crippen molar-refractivity contribution >= 4 is 22.4 Å². The number of aryl methyl sites for hydroxylation is 1. The van der Waals surface area contributed by atoms with E-state index in [1.807, 2.05) is 19.1 Å². The molecule has 0 unspecified atom stereocenters. The highest BCUT2D eigenvalue weighted by molar-refractivity contribution is 7.89. The number of halogens is 1. The van der Waals surface area contributed by atoms with Crippen LogP contribution in [-0.2, 0) is 10.0 Å². The molecule has 1 aromatic carbocycles. The minimum absolute atomic E-state index is 0. The van der Waals surface area contributed by atoms with Gasteiger partial charge in [0.15, 0.2) is 0 Å². The van der Waals surface area contributed by atoms with Gasteiger partial charge in [-0.05, 0) is 31.5 Å². The highest BCUT2D eigenvalue weighted by Gasteiger charge is 2.25. The highest BCUT2D eigenvalue weighted by Crippen LogP contribution is 2.19. The first-order valence-corrected chi connectivity index (χ1v) is 7.33. The Morgan fingerprint density at radius 1 is 1.17 bits per heavy atom.